The molecule has 3 nitrogen and oxygen atoms in total. The van der Waals surface area contributed by atoms with Crippen LogP contribution in [0.5, 0.6) is 5.75 Å². The van der Waals surface area contributed by atoms with Crippen LogP contribution in [0.25, 0.3) is 11.0 Å². The minimum Gasteiger partial charge on any atom is -0.496 e. The molecule has 0 aliphatic rings. The number of rotatable bonds is 1. The highest BCUT2D eigenvalue weighted by Gasteiger charge is 2.33. The number of nitrogens with zero attached hydrogens (tertiary/aromatic N) is 2. The van der Waals surface area contributed by atoms with Crippen molar-refractivity contribution in [3.8, 4) is 5.75 Å². The molecule has 0 spiro atoms. The van der Waals surface area contributed by atoms with Gasteiger partial charge in [-0.2, -0.15) is 13.2 Å². The van der Waals surface area contributed by atoms with E-state index in [4.69, 9.17) is 16.3 Å². The van der Waals surface area contributed by atoms with Crippen molar-refractivity contribution in [1.82, 2.24) is 9.97 Å². The van der Waals surface area contributed by atoms with Crippen molar-refractivity contribution < 1.29 is 17.9 Å². The van der Waals surface area contributed by atoms with E-state index in [0.29, 0.717) is 5.39 Å². The maximum atomic E-state index is 12.6. The number of alkyl halides is 3. The summed E-state index contributed by atoms with van der Waals surface area (Å²) in [5.74, 6) is 0.0616. The molecule has 0 fully saturated rings. The van der Waals surface area contributed by atoms with E-state index in [1.54, 1.807) is 0 Å². The average molecular weight is 263 g/mol. The van der Waals surface area contributed by atoms with E-state index >= 15 is 0 Å². The van der Waals surface area contributed by atoms with E-state index in [9.17, 15) is 13.2 Å². The van der Waals surface area contributed by atoms with E-state index in [0.717, 1.165) is 6.07 Å². The largest absolute Gasteiger partial charge is 0.496 e. The molecule has 0 saturated heterocycles. The summed E-state index contributed by atoms with van der Waals surface area (Å²) in [5, 5.41) is 0.455. The van der Waals surface area contributed by atoms with Crippen LogP contribution in [0.15, 0.2) is 18.2 Å². The molecule has 2 heterocycles. The van der Waals surface area contributed by atoms with E-state index < -0.39 is 11.9 Å². The Morgan fingerprint density at radius 3 is 2.53 bits per heavy atom. The SMILES string of the molecule is COc1cc(C(F)(F)F)nc2nc(Cl)ccc12. The Morgan fingerprint density at radius 2 is 1.94 bits per heavy atom. The lowest BCUT2D eigenvalue weighted by Gasteiger charge is -2.10. The molecule has 7 heteroatoms. The zero-order valence-corrected chi connectivity index (χ0v) is 9.30. The minimum absolute atomic E-state index is 0.0616. The third-order valence-corrected chi connectivity index (χ3v) is 2.32. The van der Waals surface area contributed by atoms with Crippen molar-refractivity contribution >= 4 is 22.6 Å². The minimum atomic E-state index is -4.55. The number of aromatic nitrogens is 2. The van der Waals surface area contributed by atoms with Crippen molar-refractivity contribution in [3.05, 3.63) is 29.0 Å². The summed E-state index contributed by atoms with van der Waals surface area (Å²) >= 11 is 5.61. The number of fused-ring (bicyclic) bond motifs is 1. The van der Waals surface area contributed by atoms with Crippen molar-refractivity contribution in [2.45, 2.75) is 6.18 Å². The van der Waals surface area contributed by atoms with Crippen LogP contribution in [0.4, 0.5) is 13.2 Å². The van der Waals surface area contributed by atoms with Gasteiger partial charge in [-0.1, -0.05) is 11.6 Å². The van der Waals surface area contributed by atoms with Gasteiger partial charge in [0.05, 0.1) is 12.5 Å². The molecule has 90 valence electrons. The first-order valence-electron chi connectivity index (χ1n) is 4.50. The Labute approximate surface area is 99.2 Å². The second kappa shape index (κ2) is 4.03. The van der Waals surface area contributed by atoms with Gasteiger partial charge in [0.2, 0.25) is 0 Å². The maximum absolute atomic E-state index is 12.6. The van der Waals surface area contributed by atoms with Crippen LogP contribution in [0.3, 0.4) is 0 Å². The van der Waals surface area contributed by atoms with Gasteiger partial charge in [0.25, 0.3) is 0 Å². The van der Waals surface area contributed by atoms with Gasteiger partial charge in [0.1, 0.15) is 10.9 Å². The van der Waals surface area contributed by atoms with E-state index in [2.05, 4.69) is 9.97 Å². The zero-order chi connectivity index (χ0) is 12.6. The van der Waals surface area contributed by atoms with Gasteiger partial charge in [-0.15, -0.1) is 0 Å². The summed E-state index contributed by atoms with van der Waals surface area (Å²) in [6.45, 7) is 0. The first-order chi connectivity index (χ1) is 7.91. The first kappa shape index (κ1) is 11.9. The molecule has 0 amide bonds. The Hall–Kier alpha value is -1.56. The molecule has 0 aliphatic carbocycles. The van der Waals surface area contributed by atoms with Gasteiger partial charge >= 0.3 is 6.18 Å². The van der Waals surface area contributed by atoms with Crippen LogP contribution in [0.1, 0.15) is 5.69 Å². The standard InChI is InChI=1S/C10H6ClF3N2O/c1-17-6-4-7(10(12,13)14)15-9-5(6)2-3-8(11)16-9/h2-4H,1H3. The zero-order valence-electron chi connectivity index (χ0n) is 8.55. The number of ether oxygens (including phenoxy) is 1. The van der Waals surface area contributed by atoms with Gasteiger partial charge in [-0.05, 0) is 12.1 Å². The molecule has 2 aromatic heterocycles. The van der Waals surface area contributed by atoms with Crippen LogP contribution < -0.4 is 4.74 Å². The number of hydrogen-bond donors (Lipinski definition) is 0. The Kier molecular flexibility index (Phi) is 2.82. The van der Waals surface area contributed by atoms with E-state index in [1.165, 1.54) is 19.2 Å². The molecular weight excluding hydrogens is 257 g/mol. The molecular formula is C10H6ClF3N2O. The van der Waals surface area contributed by atoms with Crippen LogP contribution in [-0.4, -0.2) is 17.1 Å². The molecule has 0 unspecified atom stereocenters. The average Bonchev–Trinajstić information content (AvgIpc) is 2.25. The molecule has 17 heavy (non-hydrogen) atoms. The smallest absolute Gasteiger partial charge is 0.433 e. The fourth-order valence-electron chi connectivity index (χ4n) is 1.37. The van der Waals surface area contributed by atoms with Gasteiger partial charge in [-0.3, -0.25) is 0 Å². The highest BCUT2D eigenvalue weighted by Crippen LogP contribution is 2.33. The fraction of sp³-hybridized carbons (Fsp3) is 0.200. The predicted octanol–water partition coefficient (Wildman–Crippen LogP) is 3.31. The van der Waals surface area contributed by atoms with Crippen molar-refractivity contribution in [3.63, 3.8) is 0 Å². The third kappa shape index (κ3) is 2.26. The molecule has 0 N–H and O–H groups in total. The topological polar surface area (TPSA) is 35.0 Å². The third-order valence-electron chi connectivity index (χ3n) is 2.11. The lowest BCUT2D eigenvalue weighted by atomic mass is 10.2. The summed E-state index contributed by atoms with van der Waals surface area (Å²) in [7, 11) is 1.28. The molecule has 0 radical (unpaired) electrons. The van der Waals surface area contributed by atoms with Crippen LogP contribution in [-0.2, 0) is 6.18 Å². The van der Waals surface area contributed by atoms with Crippen LogP contribution >= 0.6 is 11.6 Å². The lowest BCUT2D eigenvalue weighted by molar-refractivity contribution is -0.141. The van der Waals surface area contributed by atoms with Crippen LogP contribution in [0.2, 0.25) is 5.15 Å². The Bertz CT molecular complexity index is 571. The second-order valence-corrected chi connectivity index (χ2v) is 3.60. The number of hydrogen-bond acceptors (Lipinski definition) is 3. The summed E-state index contributed by atoms with van der Waals surface area (Å²) < 4.78 is 42.5. The fourth-order valence-corrected chi connectivity index (χ4v) is 1.51. The Balaban J connectivity index is 2.76. The quantitative estimate of drug-likeness (QED) is 0.740. The van der Waals surface area contributed by atoms with Crippen molar-refractivity contribution in [1.29, 1.82) is 0 Å². The number of pyridine rings is 2. The highest BCUT2D eigenvalue weighted by atomic mass is 35.5. The van der Waals surface area contributed by atoms with Gasteiger partial charge < -0.3 is 4.74 Å². The molecule has 2 rings (SSSR count). The molecule has 0 bridgehead atoms. The normalized spacial score (nSPS) is 11.8. The van der Waals surface area contributed by atoms with Gasteiger partial charge in [0, 0.05) is 6.07 Å². The monoisotopic (exact) mass is 262 g/mol. The summed E-state index contributed by atoms with van der Waals surface area (Å²) in [6.07, 6.45) is -4.55. The van der Waals surface area contributed by atoms with Crippen molar-refractivity contribution in [2.75, 3.05) is 7.11 Å². The maximum Gasteiger partial charge on any atom is 0.433 e. The highest BCUT2D eigenvalue weighted by molar-refractivity contribution is 6.29. The lowest BCUT2D eigenvalue weighted by Crippen LogP contribution is -2.09. The van der Waals surface area contributed by atoms with E-state index in [-0.39, 0.29) is 16.5 Å². The predicted molar refractivity (Wildman–Crippen MR) is 56.1 cm³/mol. The Morgan fingerprint density at radius 1 is 1.24 bits per heavy atom. The van der Waals surface area contributed by atoms with Gasteiger partial charge in [0.15, 0.2) is 11.3 Å². The molecule has 0 aromatic carbocycles. The van der Waals surface area contributed by atoms with Gasteiger partial charge in [-0.25, -0.2) is 9.97 Å². The second-order valence-electron chi connectivity index (χ2n) is 3.21. The van der Waals surface area contributed by atoms with Crippen LogP contribution in [0, 0.1) is 0 Å². The summed E-state index contributed by atoms with van der Waals surface area (Å²) in [4.78, 5) is 7.15. The molecule has 0 saturated carbocycles. The first-order valence-corrected chi connectivity index (χ1v) is 4.88. The van der Waals surface area contributed by atoms with Crippen molar-refractivity contribution in [2.24, 2.45) is 0 Å². The number of methoxy groups -OCH3 is 1. The van der Waals surface area contributed by atoms with E-state index in [1.807, 2.05) is 0 Å². The molecule has 0 atom stereocenters. The summed E-state index contributed by atoms with van der Waals surface area (Å²) in [6, 6.07) is 3.80. The number of halogens is 4. The molecule has 0 aliphatic heterocycles. The summed E-state index contributed by atoms with van der Waals surface area (Å²) in [5.41, 5.74) is -1.15. The molecule has 2 aromatic rings.